The van der Waals surface area contributed by atoms with Crippen LogP contribution in [0.3, 0.4) is 0 Å². The molecule has 3 heterocycles. The molecule has 18 heteroatoms. The number of carbonyl (C=O) groups excluding carboxylic acids is 4. The van der Waals surface area contributed by atoms with E-state index in [1.54, 1.807) is 13.8 Å². The number of carbonyl (C=O) groups is 4. The molecule has 57 heavy (non-hydrogen) atoms. The van der Waals surface area contributed by atoms with E-state index in [2.05, 4.69) is 0 Å². The SMILES string of the molecule is COC(=O)C1c2cc3c(c(O)c2C(OC2OC(C)C(OC)C(C)(OC)C2OC)CC1(C)O)C(=O)c1c(O)cc2c(c1C3=O)OC1OC2(C)C(O)C(N(C)C=O)C1O. The summed E-state index contributed by atoms with van der Waals surface area (Å²) in [6.07, 6.45) is -9.48. The molecule has 3 aliphatic heterocycles. The number of amides is 1. The Kier molecular flexibility index (Phi) is 10.0. The number of hydrogen-bond acceptors (Lipinski definition) is 17. The summed E-state index contributed by atoms with van der Waals surface area (Å²) in [5.74, 6) is -6.18. The molecule has 2 saturated heterocycles. The molecule has 0 spiro atoms. The fourth-order valence-corrected chi connectivity index (χ4v) is 9.63. The third kappa shape index (κ3) is 5.64. The first-order valence-electron chi connectivity index (χ1n) is 18.3. The van der Waals surface area contributed by atoms with E-state index < -0.39 is 129 Å². The molecule has 2 bridgehead atoms. The number of aliphatic hydroxyl groups is 3. The van der Waals surface area contributed by atoms with E-state index in [9.17, 15) is 44.7 Å². The minimum atomic E-state index is -1.94. The highest BCUT2D eigenvalue weighted by molar-refractivity contribution is 6.31. The molecule has 0 saturated carbocycles. The maximum atomic E-state index is 14.8. The summed E-state index contributed by atoms with van der Waals surface area (Å²) in [4.78, 5) is 55.5. The van der Waals surface area contributed by atoms with E-state index in [1.165, 1.54) is 48.3 Å². The van der Waals surface area contributed by atoms with E-state index in [1.807, 2.05) is 0 Å². The van der Waals surface area contributed by atoms with Crippen LogP contribution in [0.1, 0.15) is 94.7 Å². The van der Waals surface area contributed by atoms with Crippen molar-refractivity contribution >= 4 is 23.9 Å². The third-order valence-electron chi connectivity index (χ3n) is 12.5. The van der Waals surface area contributed by atoms with Gasteiger partial charge in [0.05, 0.1) is 47.7 Å². The summed E-state index contributed by atoms with van der Waals surface area (Å²) in [7, 11) is 6.82. The van der Waals surface area contributed by atoms with Gasteiger partial charge in [0.25, 0.3) is 0 Å². The first kappa shape index (κ1) is 40.9. The molecule has 310 valence electrons. The van der Waals surface area contributed by atoms with Crippen molar-refractivity contribution < 1.29 is 82.6 Å². The van der Waals surface area contributed by atoms with Gasteiger partial charge in [-0.15, -0.1) is 0 Å². The van der Waals surface area contributed by atoms with E-state index in [4.69, 9.17) is 37.9 Å². The Morgan fingerprint density at radius 2 is 1.65 bits per heavy atom. The molecular formula is C39H47NO17. The van der Waals surface area contributed by atoms with Gasteiger partial charge in [-0.25, -0.2) is 0 Å². The summed E-state index contributed by atoms with van der Waals surface area (Å²) >= 11 is 0. The molecule has 2 fully saturated rings. The number of methoxy groups -OCH3 is 4. The third-order valence-corrected chi connectivity index (χ3v) is 12.5. The minimum Gasteiger partial charge on any atom is -0.507 e. The second-order valence-electron chi connectivity index (χ2n) is 15.8. The van der Waals surface area contributed by atoms with Crippen molar-refractivity contribution in [1.82, 2.24) is 4.90 Å². The molecule has 5 aliphatic rings. The maximum absolute atomic E-state index is 14.8. The quantitative estimate of drug-likeness (QED) is 0.155. The number of aliphatic hydroxyl groups excluding tert-OH is 2. The number of likely N-dealkylation sites (N-methyl/N-ethyl adjacent to an activating group) is 1. The van der Waals surface area contributed by atoms with Gasteiger partial charge in [0.1, 0.15) is 58.8 Å². The van der Waals surface area contributed by atoms with Crippen LogP contribution >= 0.6 is 0 Å². The number of aromatic hydroxyl groups is 2. The first-order valence-corrected chi connectivity index (χ1v) is 18.3. The van der Waals surface area contributed by atoms with Crippen LogP contribution in [-0.4, -0.2) is 150 Å². The van der Waals surface area contributed by atoms with Crippen molar-refractivity contribution in [2.75, 3.05) is 35.5 Å². The van der Waals surface area contributed by atoms with Crippen LogP contribution in [0.25, 0.3) is 0 Å². The smallest absolute Gasteiger partial charge is 0.316 e. The van der Waals surface area contributed by atoms with Gasteiger partial charge in [-0.1, -0.05) is 0 Å². The second-order valence-corrected chi connectivity index (χ2v) is 15.8. The lowest BCUT2D eigenvalue weighted by molar-refractivity contribution is -0.345. The Morgan fingerprint density at radius 3 is 2.25 bits per heavy atom. The number of rotatable bonds is 8. The van der Waals surface area contributed by atoms with Gasteiger partial charge in [-0.05, 0) is 45.4 Å². The Balaban J connectivity index is 1.40. The van der Waals surface area contributed by atoms with Gasteiger partial charge < -0.3 is 68.3 Å². The molecular weight excluding hydrogens is 754 g/mol. The Hall–Kier alpha value is -4.24. The summed E-state index contributed by atoms with van der Waals surface area (Å²) in [5.41, 5.74) is -7.11. The summed E-state index contributed by atoms with van der Waals surface area (Å²) in [6.45, 7) is 6.26. The highest BCUT2D eigenvalue weighted by Gasteiger charge is 2.61. The van der Waals surface area contributed by atoms with Crippen molar-refractivity contribution in [2.45, 2.75) is 112 Å². The normalized spacial score (nSPS) is 37.9. The van der Waals surface area contributed by atoms with Crippen molar-refractivity contribution in [2.24, 2.45) is 0 Å². The van der Waals surface area contributed by atoms with Gasteiger partial charge in [0.2, 0.25) is 18.5 Å². The zero-order valence-corrected chi connectivity index (χ0v) is 32.8. The van der Waals surface area contributed by atoms with Crippen LogP contribution in [0.4, 0.5) is 0 Å². The molecule has 1 amide bonds. The molecule has 0 radical (unpaired) electrons. The van der Waals surface area contributed by atoms with Gasteiger partial charge in [-0.2, -0.15) is 0 Å². The molecule has 18 nitrogen and oxygen atoms in total. The predicted molar refractivity (Wildman–Crippen MR) is 191 cm³/mol. The Bertz CT molecular complexity index is 2040. The van der Waals surface area contributed by atoms with Crippen LogP contribution < -0.4 is 4.74 Å². The van der Waals surface area contributed by atoms with E-state index in [0.29, 0.717) is 6.41 Å². The van der Waals surface area contributed by atoms with Gasteiger partial charge in [0.15, 0.2) is 12.1 Å². The first-order chi connectivity index (χ1) is 26.8. The van der Waals surface area contributed by atoms with Crippen molar-refractivity contribution in [3.05, 3.63) is 51.1 Å². The van der Waals surface area contributed by atoms with Crippen LogP contribution in [0.15, 0.2) is 12.1 Å². The number of phenolic OH excluding ortho intramolecular Hbond substituents is 2. The van der Waals surface area contributed by atoms with Crippen LogP contribution in [0.5, 0.6) is 17.2 Å². The monoisotopic (exact) mass is 801 g/mol. The Labute approximate surface area is 327 Å². The molecule has 2 aromatic carbocycles. The van der Waals surface area contributed by atoms with Crippen molar-refractivity contribution in [3.63, 3.8) is 0 Å². The highest BCUT2D eigenvalue weighted by Crippen LogP contribution is 2.56. The number of esters is 1. The standard InChI is InChI=1S/C39H47NO17/c1-14-32(50-6)39(4,53-9)33(51-7)36(54-14)55-19-12-37(2,49)24(34(48)52-8)15-10-16-21(27(44)20(15)19)28(45)22-18(42)11-17-30(23(22)26(16)43)56-35-29(46)25(40(5)13-41)31(47)38(17,3)57-35/h10-11,13-14,19,24-25,29,31-33,35-36,42,44,46-47,49H,12H2,1-9H3. The average Bonchev–Trinajstić information content (AvgIpc) is 3.15. The van der Waals surface area contributed by atoms with Gasteiger partial charge in [-0.3, -0.25) is 19.2 Å². The van der Waals surface area contributed by atoms with Gasteiger partial charge >= 0.3 is 5.97 Å². The second kappa shape index (κ2) is 14.0. The lowest BCUT2D eigenvalue weighted by Gasteiger charge is -2.53. The van der Waals surface area contributed by atoms with Crippen LogP contribution in [0, 0.1) is 0 Å². The van der Waals surface area contributed by atoms with E-state index in [0.717, 1.165) is 18.1 Å². The van der Waals surface area contributed by atoms with E-state index >= 15 is 0 Å². The summed E-state index contributed by atoms with van der Waals surface area (Å²) in [6, 6.07) is 1.04. The number of fused-ring (bicyclic) bond motifs is 8. The van der Waals surface area contributed by atoms with Crippen LogP contribution in [-0.2, 0) is 48.3 Å². The molecule has 13 unspecified atom stereocenters. The highest BCUT2D eigenvalue weighted by atomic mass is 16.7. The summed E-state index contributed by atoms with van der Waals surface area (Å²) < 4.78 is 47.1. The summed E-state index contributed by atoms with van der Waals surface area (Å²) in [5, 5.41) is 58.2. The number of phenols is 2. The zero-order valence-electron chi connectivity index (χ0n) is 32.8. The largest absolute Gasteiger partial charge is 0.507 e. The van der Waals surface area contributed by atoms with Crippen LogP contribution in [0.2, 0.25) is 0 Å². The lowest BCUT2D eigenvalue weighted by atomic mass is 9.68. The molecule has 2 aromatic rings. The number of hydrogen-bond donors (Lipinski definition) is 5. The average molecular weight is 802 g/mol. The molecule has 0 aromatic heterocycles. The zero-order chi connectivity index (χ0) is 41.8. The Morgan fingerprint density at radius 1 is 0.982 bits per heavy atom. The molecule has 2 aliphatic carbocycles. The number of ketones is 2. The number of ether oxygens (including phenoxy) is 8. The molecule has 5 N–H and O–H groups in total. The van der Waals surface area contributed by atoms with E-state index in [-0.39, 0.29) is 28.9 Å². The van der Waals surface area contributed by atoms with Gasteiger partial charge in [0, 0.05) is 51.5 Å². The maximum Gasteiger partial charge on any atom is 0.316 e. The van der Waals surface area contributed by atoms with Crippen molar-refractivity contribution in [3.8, 4) is 17.2 Å². The fraction of sp³-hybridized carbons (Fsp3) is 0.590. The minimum absolute atomic E-state index is 0.0671. The molecule has 13 atom stereocenters. The predicted octanol–water partition coefficient (Wildman–Crippen LogP) is 0.665. The molecule has 7 rings (SSSR count). The fourth-order valence-electron chi connectivity index (χ4n) is 9.63. The topological polar surface area (TPSA) is 247 Å². The number of nitrogens with zero attached hydrogens (tertiary/aromatic N) is 1. The number of benzene rings is 2. The lowest BCUT2D eigenvalue weighted by Crippen LogP contribution is -2.68. The van der Waals surface area contributed by atoms with Crippen molar-refractivity contribution in [1.29, 1.82) is 0 Å².